The van der Waals surface area contributed by atoms with Gasteiger partial charge in [-0.2, -0.15) is 0 Å². The van der Waals surface area contributed by atoms with E-state index in [-0.39, 0.29) is 34.1 Å². The van der Waals surface area contributed by atoms with Crippen LogP contribution in [0.2, 0.25) is 0 Å². The molecule has 12 heteroatoms. The highest BCUT2D eigenvalue weighted by atomic mass is 19.2. The Labute approximate surface area is 427 Å². The van der Waals surface area contributed by atoms with Gasteiger partial charge in [0.15, 0.2) is 34.9 Å². The van der Waals surface area contributed by atoms with Gasteiger partial charge in [-0.1, -0.05) is 70.7 Å². The second-order valence-corrected chi connectivity index (χ2v) is 20.7. The summed E-state index contributed by atoms with van der Waals surface area (Å²) in [6.07, 6.45) is 17.5. The summed E-state index contributed by atoms with van der Waals surface area (Å²) in [5, 5.41) is 0. The zero-order valence-electron chi connectivity index (χ0n) is 42.4. The van der Waals surface area contributed by atoms with Crippen LogP contribution in [-0.4, -0.2) is 0 Å². The first-order valence-electron chi connectivity index (χ1n) is 26.2. The monoisotopic (exact) mass is 1040 g/mol. The van der Waals surface area contributed by atoms with E-state index >= 15 is 0 Å². The average molecular weight is 1040 g/mol. The molecule has 0 amide bonds. The van der Waals surface area contributed by atoms with Crippen LogP contribution >= 0.6 is 0 Å². The highest BCUT2D eigenvalue weighted by molar-refractivity contribution is 5.67. The van der Waals surface area contributed by atoms with Crippen molar-refractivity contribution in [1.82, 2.24) is 0 Å². The molecule has 74 heavy (non-hydrogen) atoms. The Balaban J connectivity index is 0.000000162. The zero-order chi connectivity index (χ0) is 53.4. The van der Waals surface area contributed by atoms with Crippen LogP contribution < -0.4 is 0 Å². The van der Waals surface area contributed by atoms with Gasteiger partial charge in [-0.05, 0) is 219 Å². The second kappa shape index (κ2) is 25.3. The van der Waals surface area contributed by atoms with Crippen molar-refractivity contribution in [1.29, 1.82) is 0 Å². The first kappa shape index (κ1) is 56.2. The van der Waals surface area contributed by atoms with E-state index in [0.29, 0.717) is 52.1 Å². The lowest BCUT2D eigenvalue weighted by Gasteiger charge is -2.29. The molecule has 0 bridgehead atoms. The Morgan fingerprint density at radius 1 is 0.324 bits per heavy atom. The SMILES string of the molecule is CCC1CCC(c2cc(F)c(-c3cc(F)c(F)c(F)c3)c(F)c2)CC1.CCC1CCC(c2ccc(-c3cc(F)c(F)c(F)c3)cc2)CC1.CCCC1CCC(c2cc(F)c(-c3cc(F)c(C)c(F)c3)c(F)c2)CC1. The molecule has 9 rings (SSSR count). The maximum absolute atomic E-state index is 14.6. The third-order valence-corrected chi connectivity index (χ3v) is 16.0. The summed E-state index contributed by atoms with van der Waals surface area (Å²) in [4.78, 5) is 0. The second-order valence-electron chi connectivity index (χ2n) is 20.7. The van der Waals surface area contributed by atoms with Crippen LogP contribution in [0.1, 0.15) is 164 Å². The summed E-state index contributed by atoms with van der Waals surface area (Å²) in [6, 6.07) is 18.2. The quantitative estimate of drug-likeness (QED) is 0.0947. The molecule has 0 atom stereocenters. The van der Waals surface area contributed by atoms with Crippen molar-refractivity contribution in [3.05, 3.63) is 177 Å². The largest absolute Gasteiger partial charge is 0.207 e. The topological polar surface area (TPSA) is 0 Å². The van der Waals surface area contributed by atoms with Gasteiger partial charge in [0.25, 0.3) is 0 Å². The van der Waals surface area contributed by atoms with E-state index in [2.05, 4.69) is 20.8 Å². The molecule has 3 saturated carbocycles. The van der Waals surface area contributed by atoms with E-state index in [9.17, 15) is 52.7 Å². The minimum absolute atomic E-state index is 0.0857. The van der Waals surface area contributed by atoms with Crippen molar-refractivity contribution < 1.29 is 52.7 Å². The van der Waals surface area contributed by atoms with E-state index in [1.807, 2.05) is 24.3 Å². The van der Waals surface area contributed by atoms with Gasteiger partial charge in [0.2, 0.25) is 0 Å². The van der Waals surface area contributed by atoms with Crippen molar-refractivity contribution in [2.75, 3.05) is 0 Å². The van der Waals surface area contributed by atoms with Gasteiger partial charge in [-0.15, -0.1) is 0 Å². The van der Waals surface area contributed by atoms with Crippen LogP contribution in [0.15, 0.2) is 84.9 Å². The molecule has 0 aromatic heterocycles. The molecule has 0 radical (unpaired) electrons. The minimum Gasteiger partial charge on any atom is -0.207 e. The third-order valence-electron chi connectivity index (χ3n) is 16.0. The van der Waals surface area contributed by atoms with Crippen LogP contribution in [-0.2, 0) is 0 Å². The molecule has 0 N–H and O–H groups in total. The summed E-state index contributed by atoms with van der Waals surface area (Å²) in [5.41, 5.74) is 2.03. The maximum atomic E-state index is 14.6. The Kier molecular flexibility index (Phi) is 19.3. The van der Waals surface area contributed by atoms with Gasteiger partial charge in [0.1, 0.15) is 34.9 Å². The van der Waals surface area contributed by atoms with Crippen LogP contribution in [0.4, 0.5) is 52.7 Å². The highest BCUT2D eigenvalue weighted by Gasteiger charge is 2.27. The Bertz CT molecular complexity index is 2730. The van der Waals surface area contributed by atoms with Crippen molar-refractivity contribution in [2.45, 2.75) is 148 Å². The molecule has 3 fully saturated rings. The predicted octanol–water partition coefficient (Wildman–Crippen LogP) is 20.5. The van der Waals surface area contributed by atoms with Gasteiger partial charge in [0, 0.05) is 5.56 Å². The molecule has 6 aromatic rings. The lowest BCUT2D eigenvalue weighted by atomic mass is 9.77. The molecule has 3 aliphatic rings. The molecule has 3 aliphatic carbocycles. The molecule has 396 valence electrons. The lowest BCUT2D eigenvalue weighted by molar-refractivity contribution is 0.307. The Morgan fingerprint density at radius 2 is 0.635 bits per heavy atom. The standard InChI is InChI=1S/C22H24F4.C20H19F5.C20H21F3/c1-3-4-14-5-7-15(8-6-14)16-9-20(25)22(21(26)10-16)17-11-18(23)13(2)19(24)12-17;1-2-11-3-5-12(6-4-11)13-7-15(21)19(16(22)8-13)14-9-17(23)20(25)18(24)10-14;1-2-13-3-5-14(6-4-13)15-7-9-16(10-8-15)17-11-18(21)20(23)19(22)12-17/h9-12,14-15H,3-8H2,1-2H3;7-12H,2-6H2,1H3;7-14H,2-6H2,1H3. The van der Waals surface area contributed by atoms with E-state index in [0.717, 1.165) is 94.4 Å². The first-order chi connectivity index (χ1) is 35.4. The molecule has 0 unspecified atom stereocenters. The number of hydrogen-bond acceptors (Lipinski definition) is 0. The average Bonchev–Trinajstić information content (AvgIpc) is 3.39. The fraction of sp³-hybridized carbons (Fsp3) is 0.419. The molecule has 6 aromatic carbocycles. The van der Waals surface area contributed by atoms with Gasteiger partial charge < -0.3 is 0 Å². The van der Waals surface area contributed by atoms with E-state index in [4.69, 9.17) is 0 Å². The third kappa shape index (κ3) is 13.5. The number of hydrogen-bond donors (Lipinski definition) is 0. The normalized spacial score (nSPS) is 20.8. The summed E-state index contributed by atoms with van der Waals surface area (Å²) in [5.74, 6) is -10.2. The Hall–Kier alpha value is -5.52. The summed E-state index contributed by atoms with van der Waals surface area (Å²) in [6.45, 7) is 7.85. The number of halogens is 12. The zero-order valence-corrected chi connectivity index (χ0v) is 42.4. The Morgan fingerprint density at radius 3 is 0.973 bits per heavy atom. The molecular formula is C62H64F12. The number of rotatable bonds is 10. The van der Waals surface area contributed by atoms with Crippen molar-refractivity contribution in [2.24, 2.45) is 17.8 Å². The van der Waals surface area contributed by atoms with Crippen LogP contribution in [0.3, 0.4) is 0 Å². The number of benzene rings is 6. The molecule has 0 nitrogen and oxygen atoms in total. The predicted molar refractivity (Wildman–Crippen MR) is 269 cm³/mol. The highest BCUT2D eigenvalue weighted by Crippen LogP contribution is 2.42. The minimum atomic E-state index is -1.66. The van der Waals surface area contributed by atoms with Crippen LogP contribution in [0, 0.1) is 94.5 Å². The van der Waals surface area contributed by atoms with Gasteiger partial charge in [-0.3, -0.25) is 0 Å². The molecular weight excluding hydrogens is 973 g/mol. The van der Waals surface area contributed by atoms with Gasteiger partial charge >= 0.3 is 0 Å². The van der Waals surface area contributed by atoms with Crippen molar-refractivity contribution >= 4 is 0 Å². The lowest BCUT2D eigenvalue weighted by Crippen LogP contribution is -2.13. The fourth-order valence-corrected chi connectivity index (χ4v) is 11.4. The smallest absolute Gasteiger partial charge is 0.194 e. The fourth-order valence-electron chi connectivity index (χ4n) is 11.4. The summed E-state index contributed by atoms with van der Waals surface area (Å²) in [7, 11) is 0. The van der Waals surface area contributed by atoms with Crippen molar-refractivity contribution in [3.63, 3.8) is 0 Å². The van der Waals surface area contributed by atoms with E-state index in [1.54, 1.807) is 0 Å². The van der Waals surface area contributed by atoms with E-state index in [1.165, 1.54) is 75.3 Å². The molecule has 0 saturated heterocycles. The van der Waals surface area contributed by atoms with Gasteiger partial charge in [-0.25, -0.2) is 52.7 Å². The summed E-state index contributed by atoms with van der Waals surface area (Å²) < 4.78 is 165. The van der Waals surface area contributed by atoms with Crippen LogP contribution in [0.5, 0.6) is 0 Å². The first-order valence-corrected chi connectivity index (χ1v) is 26.2. The molecule has 0 aliphatic heterocycles. The summed E-state index contributed by atoms with van der Waals surface area (Å²) >= 11 is 0. The van der Waals surface area contributed by atoms with E-state index < -0.39 is 75.4 Å². The van der Waals surface area contributed by atoms with Crippen LogP contribution in [0.25, 0.3) is 33.4 Å². The molecule has 0 heterocycles. The van der Waals surface area contributed by atoms with Gasteiger partial charge in [0.05, 0.1) is 11.1 Å². The molecule has 0 spiro atoms. The van der Waals surface area contributed by atoms with Crippen molar-refractivity contribution in [3.8, 4) is 33.4 Å². The maximum Gasteiger partial charge on any atom is 0.194 e.